The van der Waals surface area contributed by atoms with Gasteiger partial charge in [-0.15, -0.1) is 0 Å². The summed E-state index contributed by atoms with van der Waals surface area (Å²) >= 11 is 0. The van der Waals surface area contributed by atoms with Crippen LogP contribution in [0.15, 0.2) is 50.5 Å². The van der Waals surface area contributed by atoms with Crippen molar-refractivity contribution in [1.29, 1.82) is 0 Å². The summed E-state index contributed by atoms with van der Waals surface area (Å²) in [5.74, 6) is 1.65. The molecule has 4 aromatic heterocycles. The van der Waals surface area contributed by atoms with Gasteiger partial charge in [-0.2, -0.15) is 4.98 Å². The molecule has 2 amide bonds. The molecule has 2 bridgehead atoms. The molecule has 15 heteroatoms. The van der Waals surface area contributed by atoms with Crippen LogP contribution in [0.25, 0.3) is 33.8 Å². The number of aromatic nitrogens is 4. The number of pyridine rings is 2. The molecule has 0 spiro atoms. The van der Waals surface area contributed by atoms with Gasteiger partial charge >= 0.3 is 0 Å². The standard InChI is InChI=1S/C37H39N7O8/c1-3-25-30(42-8-10-43(11-9-42)36(48)29-26(45)5-4-24-32(29)51-19-39-24)31(47)33-34(40-35(52-33)20-6-7-38-28(12-20)49-2)44(25)16-27(46)41-37-13-21(14-37)23(15-37)22-17-50-18-22/h4-7,12,19,21-23,45H,3,8-11,13-18H2,1-2H3,(H,41,46)/t21?,23-,37?/m1/s1. The predicted molar refractivity (Wildman–Crippen MR) is 187 cm³/mol. The largest absolute Gasteiger partial charge is 0.507 e. The molecule has 1 aromatic carbocycles. The fraction of sp³-hybridized carbons (Fsp3) is 0.459. The average molecular weight is 710 g/mol. The van der Waals surface area contributed by atoms with Crippen LogP contribution in [0.5, 0.6) is 11.6 Å². The van der Waals surface area contributed by atoms with Gasteiger partial charge in [0.15, 0.2) is 17.6 Å². The molecule has 1 atom stereocenters. The van der Waals surface area contributed by atoms with Crippen molar-refractivity contribution in [1.82, 2.24) is 29.7 Å². The molecule has 2 aliphatic heterocycles. The lowest BCUT2D eigenvalue weighted by atomic mass is 9.74. The van der Waals surface area contributed by atoms with Gasteiger partial charge in [0.2, 0.25) is 28.7 Å². The number of phenols is 1. The molecule has 15 nitrogen and oxygen atoms in total. The van der Waals surface area contributed by atoms with Crippen molar-refractivity contribution >= 4 is 39.8 Å². The van der Waals surface area contributed by atoms with Gasteiger partial charge in [0.05, 0.1) is 20.3 Å². The molecule has 2 N–H and O–H groups in total. The summed E-state index contributed by atoms with van der Waals surface area (Å²) in [6.45, 7) is 4.74. The summed E-state index contributed by atoms with van der Waals surface area (Å²) in [6.07, 6.45) is 6.18. The van der Waals surface area contributed by atoms with Crippen LogP contribution in [0.2, 0.25) is 0 Å². The monoisotopic (exact) mass is 709 g/mol. The third-order valence-corrected chi connectivity index (χ3v) is 11.5. The van der Waals surface area contributed by atoms with Gasteiger partial charge in [-0.25, -0.2) is 9.97 Å². The number of amides is 2. The number of carbonyl (C=O) groups excluding carboxylic acids is 2. The van der Waals surface area contributed by atoms with Crippen molar-refractivity contribution in [2.45, 2.75) is 44.7 Å². The van der Waals surface area contributed by atoms with Gasteiger partial charge in [-0.1, -0.05) is 6.92 Å². The number of methoxy groups -OCH3 is 1. The van der Waals surface area contributed by atoms with Gasteiger partial charge in [-0.05, 0) is 55.7 Å². The number of hydrogen-bond donors (Lipinski definition) is 2. The third-order valence-electron chi connectivity index (χ3n) is 11.5. The highest BCUT2D eigenvalue weighted by molar-refractivity contribution is 6.06. The SMILES string of the molecule is CCc1c(N2CCN(C(=O)c3c(O)ccc4ncoc34)CC2)c(=O)c2oc(-c3ccnc(OC)c3)nc2n1CC(=O)NC12CC(C1)[C@H](C1COC1)C2. The molecule has 270 valence electrons. The van der Waals surface area contributed by atoms with Crippen LogP contribution in [-0.2, 0) is 22.5 Å². The van der Waals surface area contributed by atoms with E-state index in [4.69, 9.17) is 23.3 Å². The van der Waals surface area contributed by atoms with E-state index >= 15 is 0 Å². The summed E-state index contributed by atoms with van der Waals surface area (Å²) in [6, 6.07) is 6.42. The quantitative estimate of drug-likeness (QED) is 0.228. The Hall–Kier alpha value is -5.44. The van der Waals surface area contributed by atoms with Crippen molar-refractivity contribution < 1.29 is 33.0 Å². The lowest BCUT2D eigenvalue weighted by Crippen LogP contribution is -2.53. The fourth-order valence-electron chi connectivity index (χ4n) is 8.90. The van der Waals surface area contributed by atoms with Gasteiger partial charge in [0.1, 0.15) is 29.1 Å². The number of hydrogen-bond acceptors (Lipinski definition) is 12. The number of aromatic hydroxyl groups is 1. The van der Waals surface area contributed by atoms with Crippen molar-refractivity contribution in [3.05, 3.63) is 58.3 Å². The first-order valence-electron chi connectivity index (χ1n) is 17.8. The molecule has 10 rings (SSSR count). The first-order chi connectivity index (χ1) is 25.3. The Bertz CT molecular complexity index is 2280. The smallest absolute Gasteiger partial charge is 0.261 e. The maximum absolute atomic E-state index is 14.4. The maximum Gasteiger partial charge on any atom is 0.261 e. The number of phenolic OH excluding ortho intramolecular Hbond substituents is 1. The number of benzene rings is 1. The second-order valence-electron chi connectivity index (χ2n) is 14.4. The minimum atomic E-state index is -0.385. The number of nitrogens with one attached hydrogen (secondary N) is 1. The summed E-state index contributed by atoms with van der Waals surface area (Å²) in [7, 11) is 1.52. The average Bonchev–Trinajstić information content (AvgIpc) is 3.91. The highest BCUT2D eigenvalue weighted by Gasteiger charge is 2.59. The minimum Gasteiger partial charge on any atom is -0.507 e. The molecule has 0 radical (unpaired) electrons. The highest BCUT2D eigenvalue weighted by Crippen LogP contribution is 2.58. The molecule has 3 saturated carbocycles. The van der Waals surface area contributed by atoms with E-state index in [0.29, 0.717) is 65.6 Å². The zero-order valence-corrected chi connectivity index (χ0v) is 29.0. The van der Waals surface area contributed by atoms with Gasteiger partial charge in [-0.3, -0.25) is 14.4 Å². The van der Waals surface area contributed by atoms with Crippen LogP contribution in [0.4, 0.5) is 5.69 Å². The molecule has 3 aliphatic carbocycles. The molecule has 5 aliphatic rings. The Kier molecular flexibility index (Phi) is 7.72. The number of carbonyl (C=O) groups is 2. The first-order valence-corrected chi connectivity index (χ1v) is 17.8. The fourth-order valence-corrected chi connectivity index (χ4v) is 8.90. The Morgan fingerprint density at radius 3 is 2.60 bits per heavy atom. The van der Waals surface area contributed by atoms with E-state index in [1.165, 1.54) is 19.6 Å². The van der Waals surface area contributed by atoms with Crippen molar-refractivity contribution in [3.63, 3.8) is 0 Å². The third kappa shape index (κ3) is 5.20. The number of oxazole rings is 2. The van der Waals surface area contributed by atoms with Crippen molar-refractivity contribution in [2.24, 2.45) is 17.8 Å². The van der Waals surface area contributed by atoms with E-state index in [1.54, 1.807) is 29.3 Å². The van der Waals surface area contributed by atoms with Crippen LogP contribution in [0.3, 0.4) is 0 Å². The maximum atomic E-state index is 14.4. The molecular formula is C37H39N7O8. The normalized spacial score (nSPS) is 22.8. The summed E-state index contributed by atoms with van der Waals surface area (Å²) in [4.78, 5) is 58.7. The molecule has 2 saturated heterocycles. The van der Waals surface area contributed by atoms with E-state index in [0.717, 1.165) is 32.5 Å². The zero-order valence-electron chi connectivity index (χ0n) is 29.0. The van der Waals surface area contributed by atoms with E-state index in [-0.39, 0.29) is 76.4 Å². The number of anilines is 1. The molecule has 0 unspecified atom stereocenters. The summed E-state index contributed by atoms with van der Waals surface area (Å²) in [5, 5.41) is 14.0. The van der Waals surface area contributed by atoms with Crippen molar-refractivity contribution in [3.8, 4) is 23.1 Å². The van der Waals surface area contributed by atoms with Crippen LogP contribution < -0.4 is 20.4 Å². The predicted octanol–water partition coefficient (Wildman–Crippen LogP) is 3.36. The molecular weight excluding hydrogens is 670 g/mol. The van der Waals surface area contributed by atoms with E-state index in [9.17, 15) is 19.5 Å². The highest BCUT2D eigenvalue weighted by atomic mass is 16.5. The van der Waals surface area contributed by atoms with E-state index in [1.807, 2.05) is 16.4 Å². The lowest BCUT2D eigenvalue weighted by Gasteiger charge is -2.40. The van der Waals surface area contributed by atoms with Crippen LogP contribution in [0, 0.1) is 17.8 Å². The van der Waals surface area contributed by atoms with Crippen LogP contribution in [-0.4, -0.2) is 93.4 Å². The minimum absolute atomic E-state index is 0.0405. The summed E-state index contributed by atoms with van der Waals surface area (Å²) in [5.41, 5.74) is 2.19. The molecule has 5 fully saturated rings. The second kappa shape index (κ2) is 12.4. The Balaban J connectivity index is 1.04. The number of rotatable bonds is 9. The molecule has 5 aromatic rings. The second-order valence-corrected chi connectivity index (χ2v) is 14.4. The summed E-state index contributed by atoms with van der Waals surface area (Å²) < 4.78 is 24.2. The Morgan fingerprint density at radius 2 is 1.87 bits per heavy atom. The molecule has 52 heavy (non-hydrogen) atoms. The lowest BCUT2D eigenvalue weighted by molar-refractivity contribution is -0.124. The van der Waals surface area contributed by atoms with Crippen LogP contribution in [0.1, 0.15) is 42.2 Å². The van der Waals surface area contributed by atoms with Gasteiger partial charge < -0.3 is 43.1 Å². The topological polar surface area (TPSA) is 178 Å². The van der Waals surface area contributed by atoms with E-state index in [2.05, 4.69) is 15.3 Å². The molecule has 6 heterocycles. The Morgan fingerprint density at radius 1 is 1.06 bits per heavy atom. The number of ether oxygens (including phenoxy) is 2. The Labute approximate surface area is 297 Å². The van der Waals surface area contributed by atoms with E-state index < -0.39 is 0 Å². The number of piperazine rings is 1. The van der Waals surface area contributed by atoms with Gasteiger partial charge in [0.25, 0.3) is 5.91 Å². The zero-order chi connectivity index (χ0) is 35.7. The van der Waals surface area contributed by atoms with Gasteiger partial charge in [0, 0.05) is 61.2 Å². The number of nitrogens with zero attached hydrogens (tertiary/aromatic N) is 6. The first kappa shape index (κ1) is 32.5. The number of fused-ring (bicyclic) bond motifs is 3. The van der Waals surface area contributed by atoms with Crippen LogP contribution >= 0.6 is 0 Å². The van der Waals surface area contributed by atoms with Crippen molar-refractivity contribution in [2.75, 3.05) is 51.4 Å².